The molecule has 1 heterocycles. The normalized spacial score (nSPS) is 11.3. The van der Waals surface area contributed by atoms with E-state index in [-0.39, 0.29) is 6.61 Å². The van der Waals surface area contributed by atoms with Gasteiger partial charge < -0.3 is 14.4 Å². The van der Waals surface area contributed by atoms with E-state index in [2.05, 4.69) is 23.2 Å². The van der Waals surface area contributed by atoms with E-state index in [1.807, 2.05) is 24.9 Å². The maximum Gasteiger partial charge on any atom is 0.344 e. The number of rotatable bonds is 7. The molecule has 8 heteroatoms. The summed E-state index contributed by atoms with van der Waals surface area (Å²) in [5.74, 6) is 0.103. The summed E-state index contributed by atoms with van der Waals surface area (Å²) >= 11 is 7.48. The number of aliphatic imine (C=N–C) groups is 1. The van der Waals surface area contributed by atoms with Gasteiger partial charge in [0.1, 0.15) is 11.3 Å². The van der Waals surface area contributed by atoms with Crippen LogP contribution in [0.5, 0.6) is 10.8 Å². The van der Waals surface area contributed by atoms with Crippen molar-refractivity contribution in [3.8, 4) is 10.8 Å². The summed E-state index contributed by atoms with van der Waals surface area (Å²) in [4.78, 5) is 18.6. The predicted octanol–water partition coefficient (Wildman–Crippen LogP) is 5.38. The molecule has 0 aliphatic heterocycles. The lowest BCUT2D eigenvalue weighted by Crippen LogP contribution is -2.24. The highest BCUT2D eigenvalue weighted by atomic mass is 35.5. The minimum Gasteiger partial charge on any atom is -0.462 e. The Morgan fingerprint density at radius 3 is 2.74 bits per heavy atom. The van der Waals surface area contributed by atoms with Gasteiger partial charge in [0.05, 0.1) is 29.3 Å². The quantitative estimate of drug-likeness (QED) is 0.349. The van der Waals surface area contributed by atoms with Crippen molar-refractivity contribution in [1.29, 1.82) is 0 Å². The molecule has 2 aromatic rings. The van der Waals surface area contributed by atoms with Crippen molar-refractivity contribution in [2.24, 2.45) is 4.99 Å². The van der Waals surface area contributed by atoms with Crippen molar-refractivity contribution >= 4 is 41.1 Å². The third-order valence-electron chi connectivity index (χ3n) is 3.95. The highest BCUT2D eigenvalue weighted by Crippen LogP contribution is 2.38. The standard InChI is InChI=1S/C19H24ClN3O3S/c1-7-25-18(24)17-13(5)22-27-19(17)26-16-9-14(20)15(8-12(16)4)21-10-23(6)11(2)3/h8-11H,7H2,1-6H3. The fourth-order valence-corrected chi connectivity index (χ4v) is 3.06. The largest absolute Gasteiger partial charge is 0.462 e. The lowest BCUT2D eigenvalue weighted by Gasteiger charge is -2.17. The van der Waals surface area contributed by atoms with Crippen molar-refractivity contribution in [1.82, 2.24) is 9.27 Å². The van der Waals surface area contributed by atoms with Gasteiger partial charge in [-0.1, -0.05) is 11.6 Å². The zero-order chi connectivity index (χ0) is 20.1. The fraction of sp³-hybridized carbons (Fsp3) is 0.421. The molecule has 0 atom stereocenters. The summed E-state index contributed by atoms with van der Waals surface area (Å²) in [6.07, 6.45) is 1.75. The van der Waals surface area contributed by atoms with Crippen LogP contribution in [0.15, 0.2) is 17.1 Å². The van der Waals surface area contributed by atoms with E-state index in [4.69, 9.17) is 21.1 Å². The Labute approximate surface area is 168 Å². The smallest absolute Gasteiger partial charge is 0.344 e. The van der Waals surface area contributed by atoms with E-state index >= 15 is 0 Å². The van der Waals surface area contributed by atoms with Gasteiger partial charge in [0.2, 0.25) is 5.06 Å². The molecule has 0 radical (unpaired) electrons. The van der Waals surface area contributed by atoms with Gasteiger partial charge >= 0.3 is 5.97 Å². The third kappa shape index (κ3) is 5.20. The molecule has 0 aliphatic rings. The van der Waals surface area contributed by atoms with Crippen LogP contribution in [-0.2, 0) is 4.74 Å². The van der Waals surface area contributed by atoms with Crippen LogP contribution in [0.25, 0.3) is 0 Å². The molecule has 0 spiro atoms. The zero-order valence-corrected chi connectivity index (χ0v) is 17.9. The van der Waals surface area contributed by atoms with Crippen molar-refractivity contribution in [3.63, 3.8) is 0 Å². The minimum absolute atomic E-state index is 0.288. The summed E-state index contributed by atoms with van der Waals surface area (Å²) in [6, 6.07) is 3.88. The first-order valence-corrected chi connectivity index (χ1v) is 9.77. The highest BCUT2D eigenvalue weighted by Gasteiger charge is 2.22. The Morgan fingerprint density at radius 1 is 1.41 bits per heavy atom. The molecule has 1 aromatic heterocycles. The van der Waals surface area contributed by atoms with Gasteiger partial charge in [-0.05, 0) is 46.2 Å². The lowest BCUT2D eigenvalue weighted by molar-refractivity contribution is 0.0523. The first-order valence-electron chi connectivity index (χ1n) is 8.62. The molecule has 0 amide bonds. The number of aromatic nitrogens is 1. The van der Waals surface area contributed by atoms with Crippen LogP contribution >= 0.6 is 23.1 Å². The number of benzene rings is 1. The summed E-state index contributed by atoms with van der Waals surface area (Å²) < 4.78 is 15.2. The second-order valence-corrected chi connectivity index (χ2v) is 7.47. The van der Waals surface area contributed by atoms with Crippen LogP contribution in [0.2, 0.25) is 5.02 Å². The molecule has 0 unspecified atom stereocenters. The summed E-state index contributed by atoms with van der Waals surface area (Å²) in [5, 5.41) is 0.851. The lowest BCUT2D eigenvalue weighted by atomic mass is 10.2. The molecule has 0 saturated heterocycles. The number of nitrogens with zero attached hydrogens (tertiary/aromatic N) is 3. The topological polar surface area (TPSA) is 64.0 Å². The van der Waals surface area contributed by atoms with Crippen LogP contribution in [0.4, 0.5) is 5.69 Å². The number of carbonyl (C=O) groups excluding carboxylic acids is 1. The number of carbonyl (C=O) groups is 1. The molecule has 6 nitrogen and oxygen atoms in total. The highest BCUT2D eigenvalue weighted by molar-refractivity contribution is 7.08. The molecular weight excluding hydrogens is 386 g/mol. The molecule has 146 valence electrons. The Bertz CT molecular complexity index is 849. The predicted molar refractivity (Wildman–Crippen MR) is 110 cm³/mol. The van der Waals surface area contributed by atoms with Crippen molar-refractivity contribution in [3.05, 3.63) is 34.0 Å². The molecule has 0 saturated carbocycles. The fourth-order valence-electron chi connectivity index (χ4n) is 2.10. The van der Waals surface area contributed by atoms with E-state index in [1.165, 1.54) is 0 Å². The first kappa shape index (κ1) is 21.2. The SMILES string of the molecule is CCOC(=O)c1c(C)nsc1Oc1cc(Cl)c(N=CN(C)C(C)C)cc1C. The Balaban J connectivity index is 2.29. The van der Waals surface area contributed by atoms with Gasteiger partial charge in [0, 0.05) is 30.7 Å². The monoisotopic (exact) mass is 409 g/mol. The molecule has 0 bridgehead atoms. The summed E-state index contributed by atoms with van der Waals surface area (Å²) in [5.41, 5.74) is 2.42. The molecular formula is C19H24ClN3O3S. The maximum atomic E-state index is 12.2. The zero-order valence-electron chi connectivity index (χ0n) is 16.4. The minimum atomic E-state index is -0.444. The van der Waals surface area contributed by atoms with Crippen LogP contribution in [-0.4, -0.2) is 41.3 Å². The molecule has 1 aromatic carbocycles. The van der Waals surface area contributed by atoms with Crippen LogP contribution < -0.4 is 4.74 Å². The second kappa shape index (κ2) is 9.19. The molecule has 0 fully saturated rings. The second-order valence-electron chi connectivity index (χ2n) is 6.33. The molecule has 2 rings (SSSR count). The third-order valence-corrected chi connectivity index (χ3v) is 5.07. The van der Waals surface area contributed by atoms with Gasteiger partial charge in [0.25, 0.3) is 0 Å². The molecule has 0 N–H and O–H groups in total. The van der Waals surface area contributed by atoms with E-state index in [9.17, 15) is 4.79 Å². The van der Waals surface area contributed by atoms with E-state index in [0.717, 1.165) is 17.1 Å². The molecule has 0 aliphatic carbocycles. The molecule has 27 heavy (non-hydrogen) atoms. The van der Waals surface area contributed by atoms with Gasteiger partial charge in [0.15, 0.2) is 0 Å². The van der Waals surface area contributed by atoms with Gasteiger partial charge in [-0.2, -0.15) is 4.37 Å². The summed E-state index contributed by atoms with van der Waals surface area (Å²) in [7, 11) is 1.95. The van der Waals surface area contributed by atoms with Crippen molar-refractivity contribution < 1.29 is 14.3 Å². The van der Waals surface area contributed by atoms with Crippen molar-refractivity contribution in [2.75, 3.05) is 13.7 Å². The van der Waals surface area contributed by atoms with Crippen molar-refractivity contribution in [2.45, 2.75) is 40.7 Å². The average molecular weight is 410 g/mol. The Kier molecular flexibility index (Phi) is 7.21. The number of ether oxygens (including phenoxy) is 2. The number of aryl methyl sites for hydroxylation is 2. The van der Waals surface area contributed by atoms with E-state index < -0.39 is 5.97 Å². The van der Waals surface area contributed by atoms with Crippen LogP contribution in [0.3, 0.4) is 0 Å². The number of hydrogen-bond donors (Lipinski definition) is 0. The maximum absolute atomic E-state index is 12.2. The first-order chi connectivity index (χ1) is 12.7. The van der Waals surface area contributed by atoms with Crippen LogP contribution in [0, 0.1) is 13.8 Å². The van der Waals surface area contributed by atoms with Crippen LogP contribution in [0.1, 0.15) is 42.4 Å². The number of esters is 1. The average Bonchev–Trinajstić information content (AvgIpc) is 2.96. The van der Waals surface area contributed by atoms with Gasteiger partial charge in [-0.15, -0.1) is 0 Å². The number of halogens is 1. The summed E-state index contributed by atoms with van der Waals surface area (Å²) in [6.45, 7) is 9.85. The van der Waals surface area contributed by atoms with Gasteiger partial charge in [-0.25, -0.2) is 9.79 Å². The van der Waals surface area contributed by atoms with E-state index in [0.29, 0.717) is 38.8 Å². The Hall–Kier alpha value is -2.12. The Morgan fingerprint density at radius 2 is 2.11 bits per heavy atom. The number of hydrogen-bond acceptors (Lipinski definition) is 6. The van der Waals surface area contributed by atoms with E-state index in [1.54, 1.807) is 26.3 Å². The van der Waals surface area contributed by atoms with Gasteiger partial charge in [-0.3, -0.25) is 0 Å².